The van der Waals surface area contributed by atoms with Crippen LogP contribution in [0.3, 0.4) is 0 Å². The molecular formula is C14H23N3O2S. The molecule has 112 valence electrons. The Hall–Kier alpha value is -1.27. The third-order valence-corrected chi connectivity index (χ3v) is 4.38. The van der Waals surface area contributed by atoms with Crippen molar-refractivity contribution in [2.45, 2.75) is 31.8 Å². The van der Waals surface area contributed by atoms with Gasteiger partial charge in [-0.1, -0.05) is 12.1 Å². The van der Waals surface area contributed by atoms with Gasteiger partial charge in [0.2, 0.25) is 10.0 Å². The Bertz CT molecular complexity index is 559. The summed E-state index contributed by atoms with van der Waals surface area (Å²) in [5.41, 5.74) is 1.46. The minimum absolute atomic E-state index is 0.378. The summed E-state index contributed by atoms with van der Waals surface area (Å²) in [6, 6.07) is 8.35. The van der Waals surface area contributed by atoms with Gasteiger partial charge in [-0.15, -0.1) is 0 Å². The zero-order chi connectivity index (χ0) is 14.8. The zero-order valence-electron chi connectivity index (χ0n) is 12.3. The van der Waals surface area contributed by atoms with Crippen LogP contribution in [0.5, 0.6) is 0 Å². The van der Waals surface area contributed by atoms with Crippen molar-refractivity contribution >= 4 is 21.4 Å². The maximum Gasteiger partial charge on any atom is 0.229 e. The van der Waals surface area contributed by atoms with E-state index in [4.69, 9.17) is 0 Å². The minimum Gasteiger partial charge on any atom is -0.381 e. The maximum atomic E-state index is 11.4. The molecule has 1 heterocycles. The summed E-state index contributed by atoms with van der Waals surface area (Å²) >= 11 is 0. The molecule has 2 atom stereocenters. The summed E-state index contributed by atoms with van der Waals surface area (Å²) in [5.74, 6) is 0. The van der Waals surface area contributed by atoms with E-state index in [-0.39, 0.29) is 0 Å². The monoisotopic (exact) mass is 297 g/mol. The van der Waals surface area contributed by atoms with Crippen LogP contribution in [-0.2, 0) is 10.0 Å². The van der Waals surface area contributed by atoms with Crippen molar-refractivity contribution in [3.63, 3.8) is 0 Å². The van der Waals surface area contributed by atoms with Crippen LogP contribution in [0.2, 0.25) is 0 Å². The standard InChI is InChI=1S/C14H23N3O2S/c1-11-10-12(8-9-17(11)2)15-13-6-4-5-7-14(13)16-20(3,18)19/h4-7,11-12,15-16H,8-10H2,1-3H3. The van der Waals surface area contributed by atoms with Gasteiger partial charge in [-0.25, -0.2) is 8.42 Å². The van der Waals surface area contributed by atoms with Crippen LogP contribution in [0.4, 0.5) is 11.4 Å². The van der Waals surface area contributed by atoms with E-state index in [9.17, 15) is 8.42 Å². The minimum atomic E-state index is -3.26. The molecule has 0 radical (unpaired) electrons. The molecule has 0 aliphatic carbocycles. The van der Waals surface area contributed by atoms with E-state index < -0.39 is 10.0 Å². The number of rotatable bonds is 4. The van der Waals surface area contributed by atoms with E-state index in [0.717, 1.165) is 25.1 Å². The number of hydrogen-bond donors (Lipinski definition) is 2. The molecule has 0 bridgehead atoms. The van der Waals surface area contributed by atoms with Crippen LogP contribution in [0, 0.1) is 0 Å². The van der Waals surface area contributed by atoms with Crippen molar-refractivity contribution in [3.8, 4) is 0 Å². The van der Waals surface area contributed by atoms with Gasteiger partial charge in [-0.2, -0.15) is 0 Å². The van der Waals surface area contributed by atoms with E-state index >= 15 is 0 Å². The molecule has 1 aliphatic rings. The fourth-order valence-corrected chi connectivity index (χ4v) is 3.12. The summed E-state index contributed by atoms with van der Waals surface area (Å²) < 4.78 is 25.3. The highest BCUT2D eigenvalue weighted by Gasteiger charge is 2.23. The van der Waals surface area contributed by atoms with Crippen molar-refractivity contribution in [2.24, 2.45) is 0 Å². The van der Waals surface area contributed by atoms with Gasteiger partial charge in [0.1, 0.15) is 0 Å². The van der Waals surface area contributed by atoms with E-state index in [1.165, 1.54) is 6.26 Å². The van der Waals surface area contributed by atoms with Gasteiger partial charge < -0.3 is 10.2 Å². The summed E-state index contributed by atoms with van der Waals surface area (Å²) in [5, 5.41) is 3.47. The first-order valence-electron chi connectivity index (χ1n) is 6.89. The SMILES string of the molecule is CC1CC(Nc2ccccc2NS(C)(=O)=O)CCN1C. The second-order valence-corrected chi connectivity index (χ2v) is 7.36. The highest BCUT2D eigenvalue weighted by Crippen LogP contribution is 2.26. The molecule has 0 aromatic heterocycles. The summed E-state index contributed by atoms with van der Waals surface area (Å²) in [6.45, 7) is 3.27. The highest BCUT2D eigenvalue weighted by molar-refractivity contribution is 7.92. The van der Waals surface area contributed by atoms with Gasteiger partial charge in [0.15, 0.2) is 0 Å². The van der Waals surface area contributed by atoms with E-state index in [1.807, 2.05) is 18.2 Å². The molecule has 1 fully saturated rings. The van der Waals surface area contributed by atoms with Gasteiger partial charge in [0.25, 0.3) is 0 Å². The number of nitrogens with zero attached hydrogens (tertiary/aromatic N) is 1. The van der Waals surface area contributed by atoms with Crippen molar-refractivity contribution < 1.29 is 8.42 Å². The molecule has 1 saturated heterocycles. The fourth-order valence-electron chi connectivity index (χ4n) is 2.54. The van der Waals surface area contributed by atoms with Gasteiger partial charge in [0.05, 0.1) is 17.6 Å². The Balaban J connectivity index is 2.10. The first kappa shape index (κ1) is 15.1. The predicted octanol–water partition coefficient (Wildman–Crippen LogP) is 1.95. The number of benzene rings is 1. The lowest BCUT2D eigenvalue weighted by atomic mass is 9.98. The first-order chi connectivity index (χ1) is 9.35. The number of sulfonamides is 1. The molecule has 1 aromatic rings. The molecular weight excluding hydrogens is 274 g/mol. The molecule has 20 heavy (non-hydrogen) atoms. The lowest BCUT2D eigenvalue weighted by Gasteiger charge is -2.36. The summed E-state index contributed by atoms with van der Waals surface area (Å²) in [7, 11) is -1.12. The van der Waals surface area contributed by atoms with Crippen LogP contribution in [0.15, 0.2) is 24.3 Å². The largest absolute Gasteiger partial charge is 0.381 e. The highest BCUT2D eigenvalue weighted by atomic mass is 32.2. The maximum absolute atomic E-state index is 11.4. The second kappa shape index (κ2) is 6.01. The average molecular weight is 297 g/mol. The van der Waals surface area contributed by atoms with Crippen molar-refractivity contribution in [1.82, 2.24) is 4.90 Å². The topological polar surface area (TPSA) is 61.4 Å². The Kier molecular flexibility index (Phi) is 4.55. The molecule has 1 aromatic carbocycles. The molecule has 2 unspecified atom stereocenters. The van der Waals surface area contributed by atoms with E-state index in [1.54, 1.807) is 6.07 Å². The molecule has 0 spiro atoms. The fraction of sp³-hybridized carbons (Fsp3) is 0.571. The van der Waals surface area contributed by atoms with Gasteiger partial charge in [-0.05, 0) is 38.9 Å². The Morgan fingerprint density at radius 2 is 1.90 bits per heavy atom. The molecule has 5 nitrogen and oxygen atoms in total. The van der Waals surface area contributed by atoms with Crippen LogP contribution >= 0.6 is 0 Å². The number of anilines is 2. The lowest BCUT2D eigenvalue weighted by molar-refractivity contribution is 0.190. The number of hydrogen-bond acceptors (Lipinski definition) is 4. The number of piperidine rings is 1. The first-order valence-corrected chi connectivity index (χ1v) is 8.78. The molecule has 6 heteroatoms. The van der Waals surface area contributed by atoms with Gasteiger partial charge >= 0.3 is 0 Å². The Labute approximate surface area is 121 Å². The van der Waals surface area contributed by atoms with Gasteiger partial charge in [-0.3, -0.25) is 4.72 Å². The number of nitrogens with one attached hydrogen (secondary N) is 2. The quantitative estimate of drug-likeness (QED) is 0.892. The number of likely N-dealkylation sites (tertiary alicyclic amines) is 1. The summed E-state index contributed by atoms with van der Waals surface area (Å²) in [4.78, 5) is 2.35. The second-order valence-electron chi connectivity index (χ2n) is 5.62. The smallest absolute Gasteiger partial charge is 0.229 e. The Morgan fingerprint density at radius 3 is 2.50 bits per heavy atom. The van der Waals surface area contributed by atoms with Crippen molar-refractivity contribution in [2.75, 3.05) is 29.9 Å². The predicted molar refractivity (Wildman–Crippen MR) is 83.6 cm³/mol. The third kappa shape index (κ3) is 4.11. The zero-order valence-corrected chi connectivity index (χ0v) is 13.1. The van der Waals surface area contributed by atoms with Crippen LogP contribution in [0.1, 0.15) is 19.8 Å². The normalized spacial score (nSPS) is 24.4. The Morgan fingerprint density at radius 1 is 1.25 bits per heavy atom. The van der Waals surface area contributed by atoms with Crippen molar-refractivity contribution in [3.05, 3.63) is 24.3 Å². The van der Waals surface area contributed by atoms with Crippen molar-refractivity contribution in [1.29, 1.82) is 0 Å². The van der Waals surface area contributed by atoms with Gasteiger partial charge in [0, 0.05) is 18.6 Å². The average Bonchev–Trinajstić information content (AvgIpc) is 2.34. The third-order valence-electron chi connectivity index (χ3n) is 3.79. The van der Waals surface area contributed by atoms with E-state index in [2.05, 4.69) is 28.9 Å². The van der Waals surface area contributed by atoms with Crippen LogP contribution in [0.25, 0.3) is 0 Å². The lowest BCUT2D eigenvalue weighted by Crippen LogP contribution is -2.42. The van der Waals surface area contributed by atoms with Crippen LogP contribution in [-0.4, -0.2) is 45.2 Å². The summed E-state index contributed by atoms with van der Waals surface area (Å²) in [6.07, 6.45) is 3.29. The molecule has 0 saturated carbocycles. The molecule has 1 aliphatic heterocycles. The number of para-hydroxylation sites is 2. The molecule has 2 rings (SSSR count). The molecule has 0 amide bonds. The van der Waals surface area contributed by atoms with E-state index in [0.29, 0.717) is 17.8 Å². The molecule has 2 N–H and O–H groups in total. The van der Waals surface area contributed by atoms with Crippen LogP contribution < -0.4 is 10.0 Å².